The Kier molecular flexibility index (Phi) is 3.47. The second-order valence-electron chi connectivity index (χ2n) is 5.16. The SMILES string of the molecule is O=C(Cn1nnc(-c2ccccc2)n1)Nc1nc2ccccc2[nH]1. The predicted octanol–water partition coefficient (Wildman–Crippen LogP) is 1.86. The molecule has 0 saturated carbocycles. The number of aromatic nitrogens is 6. The lowest BCUT2D eigenvalue weighted by molar-refractivity contribution is -0.117. The van der Waals surface area contributed by atoms with Crippen molar-refractivity contribution in [1.82, 2.24) is 30.2 Å². The Morgan fingerprint density at radius 1 is 1.08 bits per heavy atom. The molecule has 1 amide bonds. The summed E-state index contributed by atoms with van der Waals surface area (Å²) in [6.45, 7) is -0.0448. The van der Waals surface area contributed by atoms with Crippen LogP contribution in [0.3, 0.4) is 0 Å². The number of fused-ring (bicyclic) bond motifs is 1. The summed E-state index contributed by atoms with van der Waals surface area (Å²) >= 11 is 0. The normalized spacial score (nSPS) is 10.8. The fraction of sp³-hybridized carbons (Fsp3) is 0.0625. The largest absolute Gasteiger partial charge is 0.324 e. The monoisotopic (exact) mass is 319 g/mol. The number of nitrogens with zero attached hydrogens (tertiary/aromatic N) is 5. The highest BCUT2D eigenvalue weighted by Gasteiger charge is 2.11. The molecule has 8 nitrogen and oxygen atoms in total. The molecule has 0 radical (unpaired) electrons. The van der Waals surface area contributed by atoms with E-state index in [1.54, 1.807) is 0 Å². The van der Waals surface area contributed by atoms with E-state index in [0.29, 0.717) is 11.8 Å². The van der Waals surface area contributed by atoms with E-state index in [9.17, 15) is 4.79 Å². The summed E-state index contributed by atoms with van der Waals surface area (Å²) < 4.78 is 0. The van der Waals surface area contributed by atoms with E-state index in [-0.39, 0.29) is 12.5 Å². The van der Waals surface area contributed by atoms with Crippen molar-refractivity contribution in [2.24, 2.45) is 0 Å². The number of hydrogen-bond acceptors (Lipinski definition) is 5. The minimum Gasteiger partial charge on any atom is -0.324 e. The molecular weight excluding hydrogens is 306 g/mol. The maximum absolute atomic E-state index is 12.1. The lowest BCUT2D eigenvalue weighted by Gasteiger charge is -2.00. The summed E-state index contributed by atoms with van der Waals surface area (Å²) in [7, 11) is 0. The van der Waals surface area contributed by atoms with Crippen molar-refractivity contribution < 1.29 is 4.79 Å². The second-order valence-corrected chi connectivity index (χ2v) is 5.16. The van der Waals surface area contributed by atoms with Gasteiger partial charge in [0.1, 0.15) is 6.54 Å². The molecule has 0 aliphatic heterocycles. The number of benzene rings is 2. The van der Waals surface area contributed by atoms with Crippen molar-refractivity contribution in [1.29, 1.82) is 0 Å². The highest BCUT2D eigenvalue weighted by molar-refractivity contribution is 5.90. The number of imidazole rings is 1. The zero-order valence-electron chi connectivity index (χ0n) is 12.5. The maximum atomic E-state index is 12.1. The topological polar surface area (TPSA) is 101 Å². The molecule has 24 heavy (non-hydrogen) atoms. The molecule has 2 heterocycles. The number of para-hydroxylation sites is 2. The van der Waals surface area contributed by atoms with Gasteiger partial charge in [-0.25, -0.2) is 4.98 Å². The van der Waals surface area contributed by atoms with E-state index in [1.165, 1.54) is 4.80 Å². The van der Waals surface area contributed by atoms with Gasteiger partial charge in [-0.2, -0.15) is 4.80 Å². The molecule has 0 unspecified atom stereocenters. The zero-order valence-corrected chi connectivity index (χ0v) is 12.5. The quantitative estimate of drug-likeness (QED) is 0.598. The minimum absolute atomic E-state index is 0.0448. The average molecular weight is 319 g/mol. The summed E-state index contributed by atoms with van der Waals surface area (Å²) in [5.41, 5.74) is 2.50. The third-order valence-corrected chi connectivity index (χ3v) is 3.42. The van der Waals surface area contributed by atoms with Gasteiger partial charge in [0, 0.05) is 5.56 Å². The molecule has 0 aliphatic rings. The zero-order chi connectivity index (χ0) is 16.4. The Hall–Kier alpha value is -3.55. The van der Waals surface area contributed by atoms with Crippen LogP contribution in [0.2, 0.25) is 0 Å². The van der Waals surface area contributed by atoms with Crippen LogP contribution in [0.5, 0.6) is 0 Å². The van der Waals surface area contributed by atoms with Gasteiger partial charge in [-0.05, 0) is 17.3 Å². The highest BCUT2D eigenvalue weighted by Crippen LogP contribution is 2.14. The second kappa shape index (κ2) is 5.92. The number of rotatable bonds is 4. The Morgan fingerprint density at radius 3 is 2.71 bits per heavy atom. The average Bonchev–Trinajstić information content (AvgIpc) is 3.21. The van der Waals surface area contributed by atoms with Crippen molar-refractivity contribution in [3.63, 3.8) is 0 Å². The number of carbonyl (C=O) groups excluding carboxylic acids is 1. The molecule has 0 saturated heterocycles. The van der Waals surface area contributed by atoms with Crippen LogP contribution in [0, 0.1) is 0 Å². The molecule has 2 aromatic carbocycles. The van der Waals surface area contributed by atoms with Crippen LogP contribution in [0.15, 0.2) is 54.6 Å². The third-order valence-electron chi connectivity index (χ3n) is 3.42. The molecule has 2 N–H and O–H groups in total. The van der Waals surface area contributed by atoms with Crippen LogP contribution in [0.1, 0.15) is 0 Å². The van der Waals surface area contributed by atoms with Crippen LogP contribution in [-0.4, -0.2) is 36.1 Å². The van der Waals surface area contributed by atoms with Crippen LogP contribution < -0.4 is 5.32 Å². The number of hydrogen-bond donors (Lipinski definition) is 2. The van der Waals surface area contributed by atoms with Gasteiger partial charge in [-0.1, -0.05) is 42.5 Å². The molecule has 2 aromatic heterocycles. The summed E-state index contributed by atoms with van der Waals surface area (Å²) in [6, 6.07) is 17.0. The molecule has 0 bridgehead atoms. The Labute approximate surface area is 136 Å². The van der Waals surface area contributed by atoms with E-state index in [2.05, 4.69) is 30.7 Å². The minimum atomic E-state index is -0.286. The first-order valence-electron chi connectivity index (χ1n) is 7.36. The van der Waals surface area contributed by atoms with E-state index < -0.39 is 0 Å². The van der Waals surface area contributed by atoms with Gasteiger partial charge in [0.15, 0.2) is 0 Å². The van der Waals surface area contributed by atoms with Crippen LogP contribution in [-0.2, 0) is 11.3 Å². The molecule has 0 atom stereocenters. The first kappa shape index (κ1) is 14.1. The summed E-state index contributed by atoms with van der Waals surface area (Å²) in [6.07, 6.45) is 0. The van der Waals surface area contributed by atoms with Gasteiger partial charge < -0.3 is 4.98 Å². The Morgan fingerprint density at radius 2 is 1.88 bits per heavy atom. The van der Waals surface area contributed by atoms with Crippen molar-refractivity contribution in [2.45, 2.75) is 6.54 Å². The Bertz CT molecular complexity index is 957. The summed E-state index contributed by atoms with van der Waals surface area (Å²) in [5.74, 6) is 0.586. The van der Waals surface area contributed by atoms with Crippen LogP contribution in [0.25, 0.3) is 22.4 Å². The van der Waals surface area contributed by atoms with Crippen molar-refractivity contribution in [2.75, 3.05) is 5.32 Å². The molecule has 8 heteroatoms. The van der Waals surface area contributed by atoms with E-state index in [1.807, 2.05) is 54.6 Å². The standard InChI is InChI=1S/C16H13N7O/c24-14(19-16-17-12-8-4-5-9-13(12)18-16)10-23-21-15(20-22-23)11-6-2-1-3-7-11/h1-9H,10H2,(H2,17,18,19,24). The fourth-order valence-electron chi connectivity index (χ4n) is 2.33. The van der Waals surface area contributed by atoms with E-state index in [0.717, 1.165) is 16.6 Å². The van der Waals surface area contributed by atoms with Crippen LogP contribution >= 0.6 is 0 Å². The maximum Gasteiger partial charge on any atom is 0.250 e. The Balaban J connectivity index is 1.45. The number of aromatic amines is 1. The highest BCUT2D eigenvalue weighted by atomic mass is 16.2. The number of nitrogens with one attached hydrogen (secondary N) is 2. The number of H-pyrrole nitrogens is 1. The van der Waals surface area contributed by atoms with Gasteiger partial charge in [0.2, 0.25) is 17.7 Å². The molecule has 0 fully saturated rings. The first-order valence-corrected chi connectivity index (χ1v) is 7.36. The fourth-order valence-corrected chi connectivity index (χ4v) is 2.33. The van der Waals surface area contributed by atoms with Gasteiger partial charge in [0.05, 0.1) is 11.0 Å². The molecule has 118 valence electrons. The summed E-state index contributed by atoms with van der Waals surface area (Å²) in [4.78, 5) is 20.7. The van der Waals surface area contributed by atoms with Gasteiger partial charge in [-0.15, -0.1) is 10.2 Å². The number of carbonyl (C=O) groups is 1. The van der Waals surface area contributed by atoms with Gasteiger partial charge >= 0.3 is 0 Å². The third kappa shape index (κ3) is 2.84. The van der Waals surface area contributed by atoms with E-state index in [4.69, 9.17) is 0 Å². The van der Waals surface area contributed by atoms with Crippen molar-refractivity contribution in [3.8, 4) is 11.4 Å². The van der Waals surface area contributed by atoms with Crippen molar-refractivity contribution >= 4 is 22.9 Å². The number of anilines is 1. The lowest BCUT2D eigenvalue weighted by Crippen LogP contribution is -2.21. The molecular formula is C16H13N7O. The predicted molar refractivity (Wildman–Crippen MR) is 88.0 cm³/mol. The lowest BCUT2D eigenvalue weighted by atomic mass is 10.2. The summed E-state index contributed by atoms with van der Waals surface area (Å²) in [5, 5.41) is 14.8. The van der Waals surface area contributed by atoms with Gasteiger partial charge in [0.25, 0.3) is 0 Å². The molecule has 0 aliphatic carbocycles. The smallest absolute Gasteiger partial charge is 0.250 e. The molecule has 4 rings (SSSR count). The molecule has 4 aromatic rings. The first-order chi connectivity index (χ1) is 11.8. The van der Waals surface area contributed by atoms with Crippen molar-refractivity contribution in [3.05, 3.63) is 54.6 Å². The van der Waals surface area contributed by atoms with Gasteiger partial charge in [-0.3, -0.25) is 10.1 Å². The molecule has 0 spiro atoms. The van der Waals surface area contributed by atoms with E-state index >= 15 is 0 Å². The van der Waals surface area contributed by atoms with Crippen LogP contribution in [0.4, 0.5) is 5.95 Å². The number of tetrazole rings is 1. The number of amides is 1.